The lowest BCUT2D eigenvalue weighted by Crippen LogP contribution is -2.45. The first-order valence-electron chi connectivity index (χ1n) is 16.4. The van der Waals surface area contributed by atoms with E-state index in [1.807, 2.05) is 24.3 Å². The Hall–Kier alpha value is -4.36. The van der Waals surface area contributed by atoms with Crippen molar-refractivity contribution in [2.45, 2.75) is 72.3 Å². The lowest BCUT2D eigenvalue weighted by atomic mass is 9.63. The summed E-state index contributed by atoms with van der Waals surface area (Å²) in [4.78, 5) is 42.0. The number of carboxylic acid groups (broad SMARTS) is 1. The number of hydrogen-bond acceptors (Lipinski definition) is 6. The van der Waals surface area contributed by atoms with Gasteiger partial charge in [0, 0.05) is 47.8 Å². The number of nitrogens with zero attached hydrogens (tertiary/aromatic N) is 1. The van der Waals surface area contributed by atoms with Crippen LogP contribution in [0.4, 0.5) is 0 Å². The van der Waals surface area contributed by atoms with Gasteiger partial charge in [0.1, 0.15) is 6.61 Å². The Bertz CT molecular complexity index is 1780. The molecule has 1 aliphatic heterocycles. The molecule has 0 saturated heterocycles. The highest BCUT2D eigenvalue weighted by molar-refractivity contribution is 6.32. The van der Waals surface area contributed by atoms with Crippen LogP contribution >= 0.6 is 11.6 Å². The van der Waals surface area contributed by atoms with E-state index in [2.05, 4.69) is 44.7 Å². The molecule has 1 N–H and O–H groups in total. The number of carbonyl (C=O) groups excluding carboxylic acids is 2. The average Bonchev–Trinajstić information content (AvgIpc) is 3.02. The van der Waals surface area contributed by atoms with Crippen molar-refractivity contribution >= 4 is 29.1 Å². The molecule has 0 amide bonds. The summed E-state index contributed by atoms with van der Waals surface area (Å²) in [7, 11) is 1.54. The van der Waals surface area contributed by atoms with Crippen LogP contribution in [0.3, 0.4) is 0 Å². The number of carboxylic acids is 1. The Morgan fingerprint density at radius 3 is 1.98 bits per heavy atom. The van der Waals surface area contributed by atoms with Gasteiger partial charge >= 0.3 is 5.97 Å². The molecular formula is C40H42ClNO6. The van der Waals surface area contributed by atoms with E-state index in [1.54, 1.807) is 18.2 Å². The van der Waals surface area contributed by atoms with Gasteiger partial charge in [-0.15, -0.1) is 0 Å². The van der Waals surface area contributed by atoms with E-state index in [-0.39, 0.29) is 34.6 Å². The standard InChI is InChI=1S/C40H42ClNO6/c1-39(2)19-29-35(31(43)21-39)34(36-30(20-40(3,4)22-32(36)44)42(29)16-15-24-9-7-6-8-10-24)27-17-28(41)37(33(18-27)47-5)48-23-25-11-13-26(14-12-25)38(45)46/h6-14,17-18,34H,15-16,19-23H2,1-5H3,(H,45,46). The molecular weight excluding hydrogens is 626 g/mol. The van der Waals surface area contributed by atoms with Crippen LogP contribution in [0, 0.1) is 10.8 Å². The molecule has 0 saturated carbocycles. The van der Waals surface area contributed by atoms with Gasteiger partial charge in [-0.2, -0.15) is 0 Å². The second-order valence-corrected chi connectivity index (χ2v) is 15.2. The quantitative estimate of drug-likeness (QED) is 0.244. The lowest BCUT2D eigenvalue weighted by molar-refractivity contribution is -0.119. The number of methoxy groups -OCH3 is 1. The molecule has 3 aromatic carbocycles. The Morgan fingerprint density at radius 2 is 1.44 bits per heavy atom. The first-order valence-corrected chi connectivity index (χ1v) is 16.8. The highest BCUT2D eigenvalue weighted by Crippen LogP contribution is 2.55. The summed E-state index contributed by atoms with van der Waals surface area (Å²) in [5, 5.41) is 9.52. The summed E-state index contributed by atoms with van der Waals surface area (Å²) in [6, 6.07) is 20.4. The van der Waals surface area contributed by atoms with Gasteiger partial charge in [0.25, 0.3) is 0 Å². The summed E-state index contributed by atoms with van der Waals surface area (Å²) in [6.07, 6.45) is 3.01. The van der Waals surface area contributed by atoms with Crippen LogP contribution < -0.4 is 9.47 Å². The molecule has 2 aliphatic carbocycles. The number of allylic oxidation sites excluding steroid dienone is 4. The topological polar surface area (TPSA) is 93.1 Å². The minimum Gasteiger partial charge on any atom is -0.493 e. The highest BCUT2D eigenvalue weighted by Gasteiger charge is 2.49. The van der Waals surface area contributed by atoms with E-state index in [0.29, 0.717) is 47.1 Å². The number of ketones is 2. The number of aromatic carboxylic acids is 1. The first-order chi connectivity index (χ1) is 22.8. The predicted molar refractivity (Wildman–Crippen MR) is 185 cm³/mol. The highest BCUT2D eigenvalue weighted by atomic mass is 35.5. The van der Waals surface area contributed by atoms with Gasteiger partial charge in [0.05, 0.1) is 17.7 Å². The Labute approximate surface area is 287 Å². The first kappa shape index (κ1) is 33.5. The maximum absolute atomic E-state index is 14.2. The predicted octanol–water partition coefficient (Wildman–Crippen LogP) is 8.55. The van der Waals surface area contributed by atoms with E-state index < -0.39 is 11.9 Å². The maximum Gasteiger partial charge on any atom is 0.335 e. The fourth-order valence-electron chi connectivity index (χ4n) is 7.48. The second kappa shape index (κ2) is 12.9. The lowest BCUT2D eigenvalue weighted by Gasteiger charge is -2.49. The molecule has 0 bridgehead atoms. The second-order valence-electron chi connectivity index (χ2n) is 14.7. The van der Waals surface area contributed by atoms with Crippen molar-refractivity contribution in [2.24, 2.45) is 10.8 Å². The maximum atomic E-state index is 14.2. The van der Waals surface area contributed by atoms with E-state index in [1.165, 1.54) is 24.8 Å². The van der Waals surface area contributed by atoms with Crippen LogP contribution in [0.25, 0.3) is 0 Å². The number of halogens is 1. The number of rotatable bonds is 9. The minimum atomic E-state index is -0.999. The molecule has 3 aromatic rings. The van der Waals surface area contributed by atoms with Crippen molar-refractivity contribution in [3.63, 3.8) is 0 Å². The monoisotopic (exact) mass is 667 g/mol. The molecule has 0 atom stereocenters. The molecule has 7 nitrogen and oxygen atoms in total. The molecule has 0 fully saturated rings. The fourth-order valence-corrected chi connectivity index (χ4v) is 7.76. The zero-order valence-corrected chi connectivity index (χ0v) is 28.9. The number of benzene rings is 3. The summed E-state index contributed by atoms with van der Waals surface area (Å²) < 4.78 is 11.9. The third-order valence-electron chi connectivity index (χ3n) is 9.66. The smallest absolute Gasteiger partial charge is 0.335 e. The van der Waals surface area contributed by atoms with Gasteiger partial charge in [-0.25, -0.2) is 4.79 Å². The van der Waals surface area contributed by atoms with E-state index in [4.69, 9.17) is 21.1 Å². The molecule has 3 aliphatic rings. The molecule has 0 spiro atoms. The summed E-state index contributed by atoms with van der Waals surface area (Å²) in [5.74, 6) is -0.731. The van der Waals surface area contributed by atoms with Crippen LogP contribution in [-0.2, 0) is 22.6 Å². The average molecular weight is 668 g/mol. The molecule has 1 heterocycles. The summed E-state index contributed by atoms with van der Waals surface area (Å²) in [5.41, 5.74) is 5.78. The Morgan fingerprint density at radius 1 is 0.854 bits per heavy atom. The van der Waals surface area contributed by atoms with Crippen LogP contribution in [-0.4, -0.2) is 41.2 Å². The summed E-state index contributed by atoms with van der Waals surface area (Å²) >= 11 is 6.93. The SMILES string of the molecule is COc1cc(C2C3=C(CC(C)(C)CC3=O)N(CCc3ccccc3)C3=C2C(=O)CC(C)(C)C3)cc(Cl)c1OCc1ccc(C(=O)O)cc1. The van der Waals surface area contributed by atoms with Crippen molar-refractivity contribution in [1.29, 1.82) is 0 Å². The van der Waals surface area contributed by atoms with Crippen molar-refractivity contribution in [3.8, 4) is 11.5 Å². The molecule has 0 radical (unpaired) electrons. The van der Waals surface area contributed by atoms with Gasteiger partial charge in [-0.05, 0) is 71.0 Å². The van der Waals surface area contributed by atoms with E-state index in [0.717, 1.165) is 41.8 Å². The van der Waals surface area contributed by atoms with E-state index in [9.17, 15) is 19.5 Å². The van der Waals surface area contributed by atoms with Crippen molar-refractivity contribution in [3.05, 3.63) is 117 Å². The van der Waals surface area contributed by atoms with Crippen LogP contribution in [0.2, 0.25) is 5.02 Å². The molecule has 0 aromatic heterocycles. The Kier molecular flexibility index (Phi) is 9.03. The van der Waals surface area contributed by atoms with Crippen LogP contribution in [0.15, 0.2) is 89.3 Å². The third kappa shape index (κ3) is 6.66. The number of carbonyl (C=O) groups is 3. The largest absolute Gasteiger partial charge is 0.493 e. The van der Waals surface area contributed by atoms with Gasteiger partial charge in [-0.1, -0.05) is 81.8 Å². The van der Waals surface area contributed by atoms with E-state index >= 15 is 0 Å². The fraction of sp³-hybridized carbons (Fsp3) is 0.375. The normalized spacial score (nSPS) is 18.8. The van der Waals surface area contributed by atoms with Crippen molar-refractivity contribution in [2.75, 3.05) is 13.7 Å². The Balaban J connectivity index is 1.44. The molecule has 8 heteroatoms. The number of ether oxygens (including phenoxy) is 2. The molecule has 48 heavy (non-hydrogen) atoms. The van der Waals surface area contributed by atoms with Crippen LogP contribution in [0.1, 0.15) is 86.3 Å². The molecule has 0 unspecified atom stereocenters. The van der Waals surface area contributed by atoms with Gasteiger partial charge in [-0.3, -0.25) is 9.59 Å². The summed E-state index contributed by atoms with van der Waals surface area (Å²) in [6.45, 7) is 9.37. The zero-order chi connectivity index (χ0) is 34.4. The van der Waals surface area contributed by atoms with Gasteiger partial charge in [0.15, 0.2) is 23.1 Å². The van der Waals surface area contributed by atoms with Gasteiger partial charge < -0.3 is 19.5 Å². The van der Waals surface area contributed by atoms with Gasteiger partial charge in [0.2, 0.25) is 0 Å². The van der Waals surface area contributed by atoms with Crippen LogP contribution in [0.5, 0.6) is 11.5 Å². The minimum absolute atomic E-state index is 0.0559. The molecule has 250 valence electrons. The zero-order valence-electron chi connectivity index (χ0n) is 28.2. The third-order valence-corrected chi connectivity index (χ3v) is 9.94. The molecule has 6 rings (SSSR count). The number of hydrogen-bond donors (Lipinski definition) is 1. The van der Waals surface area contributed by atoms with Crippen molar-refractivity contribution < 1.29 is 29.0 Å². The van der Waals surface area contributed by atoms with Crippen molar-refractivity contribution in [1.82, 2.24) is 4.90 Å². The number of Topliss-reactive ketones (excluding diaryl/α,β-unsaturated/α-hetero) is 2.